The molecule has 0 aromatic heterocycles. The van der Waals surface area contributed by atoms with Gasteiger partial charge in [0.25, 0.3) is 0 Å². The number of hydrogen-bond acceptors (Lipinski definition) is 2. The minimum atomic E-state index is 0.171. The molecule has 2 fully saturated rings. The predicted octanol–water partition coefficient (Wildman–Crippen LogP) is 3.67. The minimum absolute atomic E-state index is 0.171. The topological polar surface area (TPSA) is 41.1 Å². The maximum absolute atomic E-state index is 12.3. The summed E-state index contributed by atoms with van der Waals surface area (Å²) in [6.45, 7) is 1.92. The molecule has 0 bridgehead atoms. The molecule has 0 spiro atoms. The lowest BCUT2D eigenvalue weighted by Crippen LogP contribution is -2.34. The van der Waals surface area contributed by atoms with Crippen LogP contribution in [-0.4, -0.2) is 19.0 Å². The lowest BCUT2D eigenvalue weighted by Gasteiger charge is -2.24. The van der Waals surface area contributed by atoms with Crippen LogP contribution in [0.15, 0.2) is 24.3 Å². The first-order chi connectivity index (χ1) is 10.3. The summed E-state index contributed by atoms with van der Waals surface area (Å²) in [5.41, 5.74) is 2.37. The summed E-state index contributed by atoms with van der Waals surface area (Å²) in [6, 6.07) is 8.51. The first-order valence-corrected chi connectivity index (χ1v) is 8.44. The van der Waals surface area contributed by atoms with Crippen molar-refractivity contribution in [2.45, 2.75) is 50.9 Å². The zero-order valence-corrected chi connectivity index (χ0v) is 12.7. The Morgan fingerprint density at radius 1 is 1.05 bits per heavy atom. The van der Waals surface area contributed by atoms with E-state index in [4.69, 9.17) is 0 Å². The molecular formula is C18H26N2O. The fourth-order valence-corrected chi connectivity index (χ4v) is 3.63. The number of benzene rings is 1. The van der Waals surface area contributed by atoms with E-state index >= 15 is 0 Å². The van der Waals surface area contributed by atoms with Crippen LogP contribution in [0.25, 0.3) is 0 Å². The Kier molecular flexibility index (Phi) is 4.91. The molecule has 1 saturated carbocycles. The number of nitrogens with one attached hydrogen (secondary N) is 2. The normalized spacial score (nSPS) is 21.1. The van der Waals surface area contributed by atoms with Gasteiger partial charge in [0.1, 0.15) is 0 Å². The van der Waals surface area contributed by atoms with Crippen molar-refractivity contribution >= 4 is 11.6 Å². The van der Waals surface area contributed by atoms with Crippen LogP contribution >= 0.6 is 0 Å². The number of piperidine rings is 1. The van der Waals surface area contributed by atoms with Crippen molar-refractivity contribution in [2.75, 3.05) is 18.4 Å². The molecule has 2 aliphatic rings. The van der Waals surface area contributed by atoms with Crippen LogP contribution in [0.2, 0.25) is 0 Å². The highest BCUT2D eigenvalue weighted by molar-refractivity contribution is 5.92. The van der Waals surface area contributed by atoms with Gasteiger partial charge in [-0.2, -0.15) is 0 Å². The van der Waals surface area contributed by atoms with Crippen LogP contribution in [0.3, 0.4) is 0 Å². The van der Waals surface area contributed by atoms with Crippen LogP contribution in [-0.2, 0) is 4.79 Å². The number of amides is 1. The molecule has 0 radical (unpaired) electrons. The van der Waals surface area contributed by atoms with E-state index in [1.165, 1.54) is 37.7 Å². The van der Waals surface area contributed by atoms with Gasteiger partial charge in [-0.05, 0) is 62.4 Å². The maximum Gasteiger partial charge on any atom is 0.227 e. The molecule has 1 aromatic rings. The summed E-state index contributed by atoms with van der Waals surface area (Å²) in [7, 11) is 0. The van der Waals surface area contributed by atoms with Crippen LogP contribution in [0, 0.1) is 5.92 Å². The third-order valence-electron chi connectivity index (χ3n) is 4.94. The van der Waals surface area contributed by atoms with Crippen LogP contribution in [0.5, 0.6) is 0 Å². The van der Waals surface area contributed by atoms with Crippen molar-refractivity contribution in [3.63, 3.8) is 0 Å². The van der Waals surface area contributed by atoms with Crippen molar-refractivity contribution in [2.24, 2.45) is 5.92 Å². The second-order valence-electron chi connectivity index (χ2n) is 6.47. The molecule has 1 heterocycles. The van der Waals surface area contributed by atoms with Crippen LogP contribution < -0.4 is 10.6 Å². The highest BCUT2D eigenvalue weighted by atomic mass is 16.1. The number of hydrogen-bond donors (Lipinski definition) is 2. The van der Waals surface area contributed by atoms with Gasteiger partial charge in [0, 0.05) is 11.6 Å². The van der Waals surface area contributed by atoms with Crippen molar-refractivity contribution in [3.8, 4) is 0 Å². The van der Waals surface area contributed by atoms with E-state index in [1.54, 1.807) is 0 Å². The van der Waals surface area contributed by atoms with Crippen molar-refractivity contribution in [1.82, 2.24) is 5.32 Å². The van der Waals surface area contributed by atoms with Gasteiger partial charge >= 0.3 is 0 Å². The Bertz CT molecular complexity index is 474. The molecule has 114 valence electrons. The van der Waals surface area contributed by atoms with Gasteiger partial charge in [-0.25, -0.2) is 0 Å². The fourth-order valence-electron chi connectivity index (χ4n) is 3.63. The highest BCUT2D eigenvalue weighted by Gasteiger charge is 2.21. The smallest absolute Gasteiger partial charge is 0.227 e. The van der Waals surface area contributed by atoms with E-state index in [0.717, 1.165) is 31.6 Å². The molecule has 1 aliphatic heterocycles. The fraction of sp³-hybridized carbons (Fsp3) is 0.611. The highest BCUT2D eigenvalue weighted by Crippen LogP contribution is 2.33. The minimum Gasteiger partial charge on any atom is -0.326 e. The molecule has 3 nitrogen and oxygen atoms in total. The van der Waals surface area contributed by atoms with Crippen molar-refractivity contribution in [3.05, 3.63) is 29.8 Å². The van der Waals surface area contributed by atoms with Gasteiger partial charge in [0.2, 0.25) is 5.91 Å². The second kappa shape index (κ2) is 7.08. The van der Waals surface area contributed by atoms with Crippen molar-refractivity contribution < 1.29 is 4.79 Å². The Labute approximate surface area is 127 Å². The molecular weight excluding hydrogens is 260 g/mol. The summed E-state index contributed by atoms with van der Waals surface area (Å²) in [5, 5.41) is 6.43. The van der Waals surface area contributed by atoms with Gasteiger partial charge in [-0.3, -0.25) is 4.79 Å². The average Bonchev–Trinajstić information content (AvgIpc) is 2.57. The Morgan fingerprint density at radius 2 is 1.81 bits per heavy atom. The first-order valence-electron chi connectivity index (χ1n) is 8.44. The lowest BCUT2D eigenvalue weighted by molar-refractivity contribution is -0.120. The Balaban J connectivity index is 1.63. The molecule has 1 saturated heterocycles. The molecule has 3 heteroatoms. The predicted molar refractivity (Wildman–Crippen MR) is 86.5 cm³/mol. The van der Waals surface area contributed by atoms with Gasteiger partial charge in [-0.1, -0.05) is 31.4 Å². The van der Waals surface area contributed by atoms with Gasteiger partial charge in [-0.15, -0.1) is 0 Å². The van der Waals surface area contributed by atoms with E-state index in [-0.39, 0.29) is 11.8 Å². The summed E-state index contributed by atoms with van der Waals surface area (Å²) < 4.78 is 0. The van der Waals surface area contributed by atoms with E-state index in [0.29, 0.717) is 5.92 Å². The monoisotopic (exact) mass is 286 g/mol. The lowest BCUT2D eigenvalue weighted by atomic mass is 9.84. The van der Waals surface area contributed by atoms with Crippen molar-refractivity contribution in [1.29, 1.82) is 0 Å². The standard InChI is InChI=1S/C18H26N2O/c21-18(15-9-11-19-12-10-15)20-17-8-4-7-16(13-17)14-5-2-1-3-6-14/h4,7-8,13-15,19H,1-3,5-6,9-12H2,(H,20,21). The third-order valence-corrected chi connectivity index (χ3v) is 4.94. The number of carbonyl (C=O) groups excluding carboxylic acids is 1. The van der Waals surface area contributed by atoms with Gasteiger partial charge in [0.05, 0.1) is 0 Å². The Hall–Kier alpha value is -1.35. The first kappa shape index (κ1) is 14.6. The third kappa shape index (κ3) is 3.85. The van der Waals surface area contributed by atoms with Gasteiger partial charge < -0.3 is 10.6 Å². The summed E-state index contributed by atoms with van der Waals surface area (Å²) in [6.07, 6.45) is 8.56. The summed E-state index contributed by atoms with van der Waals surface area (Å²) in [4.78, 5) is 12.3. The largest absolute Gasteiger partial charge is 0.326 e. The number of rotatable bonds is 3. The van der Waals surface area contributed by atoms with Gasteiger partial charge in [0.15, 0.2) is 0 Å². The molecule has 1 aliphatic carbocycles. The molecule has 21 heavy (non-hydrogen) atoms. The molecule has 1 amide bonds. The van der Waals surface area contributed by atoms with E-state index in [1.807, 2.05) is 6.07 Å². The second-order valence-corrected chi connectivity index (χ2v) is 6.47. The van der Waals surface area contributed by atoms with E-state index < -0.39 is 0 Å². The van der Waals surface area contributed by atoms with E-state index in [2.05, 4.69) is 28.8 Å². The maximum atomic E-state index is 12.3. The molecule has 2 N–H and O–H groups in total. The summed E-state index contributed by atoms with van der Waals surface area (Å²) >= 11 is 0. The quantitative estimate of drug-likeness (QED) is 0.890. The zero-order chi connectivity index (χ0) is 14.5. The molecule has 1 aromatic carbocycles. The molecule has 0 unspecified atom stereocenters. The molecule has 3 rings (SSSR count). The SMILES string of the molecule is O=C(Nc1cccc(C2CCCCC2)c1)C1CCNCC1. The molecule has 0 atom stereocenters. The zero-order valence-electron chi connectivity index (χ0n) is 12.7. The van der Waals surface area contributed by atoms with Crippen LogP contribution in [0.1, 0.15) is 56.4 Å². The number of carbonyl (C=O) groups is 1. The average molecular weight is 286 g/mol. The van der Waals surface area contributed by atoms with Crippen LogP contribution in [0.4, 0.5) is 5.69 Å². The summed E-state index contributed by atoms with van der Waals surface area (Å²) in [5.74, 6) is 1.05. The number of anilines is 1. The Morgan fingerprint density at radius 3 is 2.57 bits per heavy atom. The van der Waals surface area contributed by atoms with E-state index in [9.17, 15) is 4.79 Å².